The molecule has 2 amide bonds. The van der Waals surface area contributed by atoms with Crippen molar-refractivity contribution in [1.29, 1.82) is 0 Å². The summed E-state index contributed by atoms with van der Waals surface area (Å²) in [7, 11) is 3.63. The summed E-state index contributed by atoms with van der Waals surface area (Å²) in [6.45, 7) is 1.30. The number of nitrogens with zero attached hydrogens (tertiary/aromatic N) is 3. The lowest BCUT2D eigenvalue weighted by molar-refractivity contribution is -0.147. The number of aromatic nitrogens is 1. The van der Waals surface area contributed by atoms with E-state index >= 15 is 0 Å². The fourth-order valence-electron chi connectivity index (χ4n) is 4.56. The second kappa shape index (κ2) is 7.97. The molecule has 1 aliphatic heterocycles. The van der Waals surface area contributed by atoms with Gasteiger partial charge in [0.05, 0.1) is 5.41 Å². The number of hydrogen-bond acceptors (Lipinski definition) is 3. The molecule has 152 valence electrons. The highest BCUT2D eigenvalue weighted by atomic mass is 16.2. The molecule has 1 atom stereocenters. The molecule has 1 saturated carbocycles. The Morgan fingerprint density at radius 1 is 1.17 bits per heavy atom. The zero-order valence-electron chi connectivity index (χ0n) is 17.3. The lowest BCUT2D eigenvalue weighted by Gasteiger charge is -2.43. The molecule has 1 aromatic carbocycles. The van der Waals surface area contributed by atoms with Gasteiger partial charge in [-0.25, -0.2) is 0 Å². The molecule has 1 aliphatic carbocycles. The van der Waals surface area contributed by atoms with Crippen LogP contribution < -0.4 is 0 Å². The maximum Gasteiger partial charge on any atom is 0.230 e. The van der Waals surface area contributed by atoms with E-state index in [1.54, 1.807) is 11.1 Å². The van der Waals surface area contributed by atoms with Crippen LogP contribution in [0.1, 0.15) is 31.2 Å². The molecule has 2 aromatic rings. The van der Waals surface area contributed by atoms with Crippen molar-refractivity contribution in [3.63, 3.8) is 0 Å². The zero-order valence-corrected chi connectivity index (χ0v) is 17.3. The van der Waals surface area contributed by atoms with E-state index in [2.05, 4.69) is 23.2 Å². The van der Waals surface area contributed by atoms with Gasteiger partial charge < -0.3 is 9.80 Å². The molecule has 0 bridgehead atoms. The summed E-state index contributed by atoms with van der Waals surface area (Å²) >= 11 is 0. The standard InChI is InChI=1S/C24H29N3O2/c1-26(2)23(29)24(11-5-13-27(17-24)22(28)19-9-10-19)15-18-6-3-7-20(14-18)21-8-4-12-25-16-21/h3-4,6-8,12,14,16,19H,5,9-11,13,15,17H2,1-2H3/t24-/m1/s1. The van der Waals surface area contributed by atoms with Crippen LogP contribution in [-0.2, 0) is 16.0 Å². The first-order valence-corrected chi connectivity index (χ1v) is 10.5. The van der Waals surface area contributed by atoms with Crippen LogP contribution in [0.25, 0.3) is 11.1 Å². The van der Waals surface area contributed by atoms with E-state index in [1.807, 2.05) is 43.4 Å². The average Bonchev–Trinajstić information content (AvgIpc) is 3.59. The number of hydrogen-bond donors (Lipinski definition) is 0. The second-order valence-electron chi connectivity index (χ2n) is 8.74. The van der Waals surface area contributed by atoms with E-state index < -0.39 is 5.41 Å². The minimum Gasteiger partial charge on any atom is -0.348 e. The number of amides is 2. The van der Waals surface area contributed by atoms with E-state index in [4.69, 9.17) is 0 Å². The summed E-state index contributed by atoms with van der Waals surface area (Å²) < 4.78 is 0. The predicted octanol–water partition coefficient (Wildman–Crippen LogP) is 3.40. The van der Waals surface area contributed by atoms with E-state index in [0.29, 0.717) is 13.0 Å². The molecular formula is C24H29N3O2. The lowest BCUT2D eigenvalue weighted by atomic mass is 9.73. The number of rotatable bonds is 5. The van der Waals surface area contributed by atoms with Crippen LogP contribution in [-0.4, -0.2) is 53.8 Å². The van der Waals surface area contributed by atoms with Crippen LogP contribution >= 0.6 is 0 Å². The van der Waals surface area contributed by atoms with Crippen LogP contribution in [0.2, 0.25) is 0 Å². The third kappa shape index (κ3) is 4.19. The third-order valence-electron chi connectivity index (χ3n) is 6.14. The van der Waals surface area contributed by atoms with Crippen molar-refractivity contribution in [2.75, 3.05) is 27.2 Å². The molecule has 4 rings (SSSR count). The Kier molecular flexibility index (Phi) is 5.39. The fourth-order valence-corrected chi connectivity index (χ4v) is 4.56. The molecule has 1 saturated heterocycles. The third-order valence-corrected chi connectivity index (χ3v) is 6.14. The topological polar surface area (TPSA) is 53.5 Å². The largest absolute Gasteiger partial charge is 0.348 e. The van der Waals surface area contributed by atoms with Crippen molar-refractivity contribution in [1.82, 2.24) is 14.8 Å². The van der Waals surface area contributed by atoms with Crippen molar-refractivity contribution < 1.29 is 9.59 Å². The highest BCUT2D eigenvalue weighted by Crippen LogP contribution is 2.39. The number of likely N-dealkylation sites (tertiary alicyclic amines) is 1. The summed E-state index contributed by atoms with van der Waals surface area (Å²) in [5.74, 6) is 0.552. The summed E-state index contributed by atoms with van der Waals surface area (Å²) in [4.78, 5) is 33.9. The molecule has 0 unspecified atom stereocenters. The minimum absolute atomic E-state index is 0.123. The Bertz CT molecular complexity index is 892. The molecule has 1 aromatic heterocycles. The SMILES string of the molecule is CN(C)C(=O)[C@@]1(Cc2cccc(-c3cccnc3)c2)CCCN(C(=O)C2CC2)C1. The van der Waals surface area contributed by atoms with Crippen LogP contribution in [0.5, 0.6) is 0 Å². The number of piperidine rings is 1. The Labute approximate surface area is 172 Å². The quantitative estimate of drug-likeness (QED) is 0.785. The molecule has 0 N–H and O–H groups in total. The van der Waals surface area contributed by atoms with Crippen LogP contribution in [0, 0.1) is 11.3 Å². The maximum atomic E-state index is 13.3. The summed E-state index contributed by atoms with van der Waals surface area (Å²) in [5, 5.41) is 0. The summed E-state index contributed by atoms with van der Waals surface area (Å²) in [5.41, 5.74) is 2.74. The lowest BCUT2D eigenvalue weighted by Crippen LogP contribution is -2.54. The molecule has 29 heavy (non-hydrogen) atoms. The van der Waals surface area contributed by atoms with E-state index in [-0.39, 0.29) is 17.7 Å². The Hall–Kier alpha value is -2.69. The van der Waals surface area contributed by atoms with Crippen LogP contribution in [0.4, 0.5) is 0 Å². The first-order chi connectivity index (χ1) is 14.0. The maximum absolute atomic E-state index is 13.3. The van der Waals surface area contributed by atoms with Crippen LogP contribution in [0.15, 0.2) is 48.8 Å². The fraction of sp³-hybridized carbons (Fsp3) is 0.458. The van der Waals surface area contributed by atoms with Gasteiger partial charge in [-0.15, -0.1) is 0 Å². The second-order valence-corrected chi connectivity index (χ2v) is 8.74. The van der Waals surface area contributed by atoms with Gasteiger partial charge in [0.25, 0.3) is 0 Å². The molecule has 2 aliphatic rings. The monoisotopic (exact) mass is 391 g/mol. The van der Waals surface area contributed by atoms with Crippen molar-refractivity contribution in [2.45, 2.75) is 32.1 Å². The number of carbonyl (C=O) groups is 2. The van der Waals surface area contributed by atoms with Crippen molar-refractivity contribution in [3.05, 3.63) is 54.4 Å². The highest BCUT2D eigenvalue weighted by molar-refractivity contribution is 5.86. The first kappa shape index (κ1) is 19.6. The molecule has 0 spiro atoms. The van der Waals surface area contributed by atoms with Crippen molar-refractivity contribution in [2.24, 2.45) is 11.3 Å². The molecule has 5 heteroatoms. The zero-order chi connectivity index (χ0) is 20.4. The van der Waals surface area contributed by atoms with Gasteiger partial charge in [0.2, 0.25) is 11.8 Å². The van der Waals surface area contributed by atoms with E-state index in [9.17, 15) is 9.59 Å². The Balaban J connectivity index is 1.62. The highest BCUT2D eigenvalue weighted by Gasteiger charge is 2.46. The minimum atomic E-state index is -0.556. The molecule has 2 heterocycles. The number of benzene rings is 1. The number of carbonyl (C=O) groups excluding carboxylic acids is 2. The van der Waals surface area contributed by atoms with Gasteiger partial charge in [0.15, 0.2) is 0 Å². The first-order valence-electron chi connectivity index (χ1n) is 10.5. The summed E-state index contributed by atoms with van der Waals surface area (Å²) in [6, 6.07) is 12.3. The molecular weight excluding hydrogens is 362 g/mol. The molecule has 0 radical (unpaired) electrons. The smallest absolute Gasteiger partial charge is 0.230 e. The van der Waals surface area contributed by atoms with Gasteiger partial charge in [-0.05, 0) is 54.9 Å². The van der Waals surface area contributed by atoms with E-state index in [0.717, 1.165) is 48.9 Å². The van der Waals surface area contributed by atoms with Crippen molar-refractivity contribution in [3.8, 4) is 11.1 Å². The van der Waals surface area contributed by atoms with Crippen LogP contribution in [0.3, 0.4) is 0 Å². The predicted molar refractivity (Wildman–Crippen MR) is 113 cm³/mol. The average molecular weight is 392 g/mol. The van der Waals surface area contributed by atoms with Gasteiger partial charge in [0, 0.05) is 45.5 Å². The van der Waals surface area contributed by atoms with Gasteiger partial charge in [0.1, 0.15) is 0 Å². The molecule has 2 fully saturated rings. The van der Waals surface area contributed by atoms with E-state index in [1.165, 1.54) is 0 Å². The normalized spacial score (nSPS) is 21.7. The van der Waals surface area contributed by atoms with Gasteiger partial charge >= 0.3 is 0 Å². The Morgan fingerprint density at radius 2 is 1.97 bits per heavy atom. The number of pyridine rings is 1. The molecule has 5 nitrogen and oxygen atoms in total. The summed E-state index contributed by atoms with van der Waals surface area (Å²) in [6.07, 6.45) is 7.96. The van der Waals surface area contributed by atoms with Gasteiger partial charge in [-0.1, -0.05) is 30.3 Å². The van der Waals surface area contributed by atoms with Gasteiger partial charge in [-0.3, -0.25) is 14.6 Å². The van der Waals surface area contributed by atoms with Crippen molar-refractivity contribution >= 4 is 11.8 Å². The Morgan fingerprint density at radius 3 is 2.66 bits per heavy atom. The van der Waals surface area contributed by atoms with Gasteiger partial charge in [-0.2, -0.15) is 0 Å².